The highest BCUT2D eigenvalue weighted by molar-refractivity contribution is 5.07. The topological polar surface area (TPSA) is 57.2 Å². The van der Waals surface area contributed by atoms with Crippen molar-refractivity contribution in [3.05, 3.63) is 30.1 Å². The van der Waals surface area contributed by atoms with E-state index < -0.39 is 0 Å². The second kappa shape index (κ2) is 8.35. The molecule has 0 aliphatic carbocycles. The van der Waals surface area contributed by atoms with Gasteiger partial charge in [-0.05, 0) is 31.1 Å². The molecular formula is C11H19N3O. The Kier molecular flexibility index (Phi) is 6.73. The Bertz CT molecular complexity index is 241. The van der Waals surface area contributed by atoms with Crippen molar-refractivity contribution in [2.75, 3.05) is 26.2 Å². The summed E-state index contributed by atoms with van der Waals surface area (Å²) in [5.74, 6) is 0. The molecule has 0 fully saturated rings. The van der Waals surface area contributed by atoms with Gasteiger partial charge in [-0.15, -0.1) is 0 Å². The highest BCUT2D eigenvalue weighted by atomic mass is 16.3. The molecular weight excluding hydrogens is 190 g/mol. The zero-order valence-corrected chi connectivity index (χ0v) is 8.95. The first-order valence-corrected chi connectivity index (χ1v) is 5.34. The third-order valence-electron chi connectivity index (χ3n) is 2.05. The first-order valence-electron chi connectivity index (χ1n) is 5.34. The number of aliphatic hydroxyl groups is 1. The number of nitrogens with one attached hydrogen (secondary N) is 2. The quantitative estimate of drug-likeness (QED) is 0.533. The summed E-state index contributed by atoms with van der Waals surface area (Å²) in [5.41, 5.74) is 1.21. The van der Waals surface area contributed by atoms with Crippen LogP contribution in [0.3, 0.4) is 0 Å². The lowest BCUT2D eigenvalue weighted by molar-refractivity contribution is 0.292. The average Bonchev–Trinajstić information content (AvgIpc) is 2.29. The number of hydrogen-bond donors (Lipinski definition) is 3. The largest absolute Gasteiger partial charge is 0.395 e. The summed E-state index contributed by atoms with van der Waals surface area (Å²) in [6, 6.07) is 4.00. The molecule has 0 aliphatic rings. The average molecular weight is 209 g/mol. The van der Waals surface area contributed by atoms with Gasteiger partial charge in [-0.25, -0.2) is 0 Å². The van der Waals surface area contributed by atoms with Gasteiger partial charge >= 0.3 is 0 Å². The summed E-state index contributed by atoms with van der Waals surface area (Å²) in [5, 5.41) is 15.0. The van der Waals surface area contributed by atoms with E-state index in [0.717, 1.165) is 26.1 Å². The van der Waals surface area contributed by atoms with Crippen LogP contribution in [0.5, 0.6) is 0 Å². The number of pyridine rings is 1. The fourth-order valence-electron chi connectivity index (χ4n) is 1.28. The standard InChI is InChI=1S/C11H19N3O/c15-8-7-12-5-2-6-14-10-11-3-1-4-13-9-11/h1,3-4,9,12,14-15H,2,5-8,10H2. The summed E-state index contributed by atoms with van der Waals surface area (Å²) in [4.78, 5) is 4.04. The number of aromatic nitrogens is 1. The number of rotatable bonds is 8. The molecule has 0 unspecified atom stereocenters. The van der Waals surface area contributed by atoms with Gasteiger partial charge in [0.15, 0.2) is 0 Å². The summed E-state index contributed by atoms with van der Waals surface area (Å²) in [6.07, 6.45) is 4.72. The minimum absolute atomic E-state index is 0.211. The maximum Gasteiger partial charge on any atom is 0.0555 e. The molecule has 0 aromatic carbocycles. The molecule has 0 spiro atoms. The fourth-order valence-corrected chi connectivity index (χ4v) is 1.28. The molecule has 0 amide bonds. The lowest BCUT2D eigenvalue weighted by Gasteiger charge is -2.05. The van der Waals surface area contributed by atoms with Crippen LogP contribution in [0, 0.1) is 0 Å². The van der Waals surface area contributed by atoms with Crippen molar-refractivity contribution in [2.24, 2.45) is 0 Å². The maximum atomic E-state index is 8.53. The van der Waals surface area contributed by atoms with Gasteiger partial charge in [-0.1, -0.05) is 6.07 Å². The van der Waals surface area contributed by atoms with Crippen molar-refractivity contribution in [2.45, 2.75) is 13.0 Å². The van der Waals surface area contributed by atoms with Crippen molar-refractivity contribution in [1.29, 1.82) is 0 Å². The molecule has 15 heavy (non-hydrogen) atoms. The molecule has 0 saturated heterocycles. The highest BCUT2D eigenvalue weighted by Gasteiger charge is 1.91. The lowest BCUT2D eigenvalue weighted by atomic mass is 10.3. The SMILES string of the molecule is OCCNCCCNCc1cccnc1. The normalized spacial score (nSPS) is 10.5. The molecule has 3 N–H and O–H groups in total. The predicted octanol–water partition coefficient (Wildman–Crippen LogP) is 0.143. The summed E-state index contributed by atoms with van der Waals surface area (Å²) in [6.45, 7) is 3.69. The number of hydrogen-bond acceptors (Lipinski definition) is 4. The van der Waals surface area contributed by atoms with E-state index in [1.54, 1.807) is 6.20 Å². The molecule has 1 heterocycles. The maximum absolute atomic E-state index is 8.53. The van der Waals surface area contributed by atoms with Crippen LogP contribution < -0.4 is 10.6 Å². The molecule has 0 aliphatic heterocycles. The number of aliphatic hydroxyl groups excluding tert-OH is 1. The van der Waals surface area contributed by atoms with E-state index in [1.165, 1.54) is 5.56 Å². The van der Waals surface area contributed by atoms with Crippen LogP contribution in [0.2, 0.25) is 0 Å². The van der Waals surface area contributed by atoms with E-state index in [9.17, 15) is 0 Å². The van der Waals surface area contributed by atoms with Gasteiger partial charge in [0, 0.05) is 25.5 Å². The van der Waals surface area contributed by atoms with Crippen LogP contribution in [0.4, 0.5) is 0 Å². The summed E-state index contributed by atoms with van der Waals surface area (Å²) < 4.78 is 0. The van der Waals surface area contributed by atoms with Crippen LogP contribution >= 0.6 is 0 Å². The number of nitrogens with zero attached hydrogens (tertiary/aromatic N) is 1. The molecule has 4 nitrogen and oxygen atoms in total. The monoisotopic (exact) mass is 209 g/mol. The molecule has 1 aromatic heterocycles. The van der Waals surface area contributed by atoms with E-state index in [1.807, 2.05) is 12.3 Å². The molecule has 4 heteroatoms. The lowest BCUT2D eigenvalue weighted by Crippen LogP contribution is -2.23. The Labute approximate surface area is 90.7 Å². The van der Waals surface area contributed by atoms with E-state index in [-0.39, 0.29) is 6.61 Å². The van der Waals surface area contributed by atoms with Crippen molar-refractivity contribution >= 4 is 0 Å². The Morgan fingerprint density at radius 2 is 2.07 bits per heavy atom. The van der Waals surface area contributed by atoms with E-state index in [4.69, 9.17) is 5.11 Å². The van der Waals surface area contributed by atoms with Gasteiger partial charge in [-0.3, -0.25) is 4.98 Å². The zero-order chi connectivity index (χ0) is 10.8. The second-order valence-corrected chi connectivity index (χ2v) is 3.37. The Hall–Kier alpha value is -0.970. The first kappa shape index (κ1) is 12.1. The molecule has 0 atom stereocenters. The van der Waals surface area contributed by atoms with Gasteiger partial charge in [0.1, 0.15) is 0 Å². The van der Waals surface area contributed by atoms with Crippen molar-refractivity contribution < 1.29 is 5.11 Å². The van der Waals surface area contributed by atoms with Crippen LogP contribution in [0.15, 0.2) is 24.5 Å². The van der Waals surface area contributed by atoms with Gasteiger partial charge in [0.25, 0.3) is 0 Å². The van der Waals surface area contributed by atoms with Gasteiger partial charge in [0.2, 0.25) is 0 Å². The van der Waals surface area contributed by atoms with Crippen molar-refractivity contribution in [3.63, 3.8) is 0 Å². The molecule has 0 radical (unpaired) electrons. The molecule has 1 rings (SSSR count). The molecule has 0 saturated carbocycles. The smallest absolute Gasteiger partial charge is 0.0555 e. The zero-order valence-electron chi connectivity index (χ0n) is 8.95. The van der Waals surface area contributed by atoms with Crippen LogP contribution in [-0.2, 0) is 6.54 Å². The van der Waals surface area contributed by atoms with Gasteiger partial charge in [-0.2, -0.15) is 0 Å². The fraction of sp³-hybridized carbons (Fsp3) is 0.545. The first-order chi connectivity index (χ1) is 7.43. The minimum Gasteiger partial charge on any atom is -0.395 e. The van der Waals surface area contributed by atoms with Crippen molar-refractivity contribution in [3.8, 4) is 0 Å². The molecule has 1 aromatic rings. The van der Waals surface area contributed by atoms with Gasteiger partial charge < -0.3 is 15.7 Å². The molecule has 0 bridgehead atoms. The summed E-state index contributed by atoms with van der Waals surface area (Å²) in [7, 11) is 0. The van der Waals surface area contributed by atoms with E-state index in [2.05, 4.69) is 21.7 Å². The van der Waals surface area contributed by atoms with Crippen LogP contribution in [0.25, 0.3) is 0 Å². The second-order valence-electron chi connectivity index (χ2n) is 3.37. The van der Waals surface area contributed by atoms with Crippen molar-refractivity contribution in [1.82, 2.24) is 15.6 Å². The minimum atomic E-state index is 0.211. The van der Waals surface area contributed by atoms with Crippen LogP contribution in [-0.4, -0.2) is 36.3 Å². The third kappa shape index (κ3) is 6.17. The Morgan fingerprint density at radius 3 is 2.80 bits per heavy atom. The van der Waals surface area contributed by atoms with E-state index >= 15 is 0 Å². The predicted molar refractivity (Wildman–Crippen MR) is 60.5 cm³/mol. The Morgan fingerprint density at radius 1 is 1.20 bits per heavy atom. The molecule has 84 valence electrons. The third-order valence-corrected chi connectivity index (χ3v) is 2.05. The Balaban J connectivity index is 1.93. The van der Waals surface area contributed by atoms with Crippen LogP contribution in [0.1, 0.15) is 12.0 Å². The highest BCUT2D eigenvalue weighted by Crippen LogP contribution is 1.93. The van der Waals surface area contributed by atoms with Gasteiger partial charge in [0.05, 0.1) is 6.61 Å². The summed E-state index contributed by atoms with van der Waals surface area (Å²) >= 11 is 0. The van der Waals surface area contributed by atoms with E-state index in [0.29, 0.717) is 6.54 Å².